The first-order chi connectivity index (χ1) is 8.69. The summed E-state index contributed by atoms with van der Waals surface area (Å²) in [7, 11) is 0. The van der Waals surface area contributed by atoms with Crippen molar-refractivity contribution in [1.29, 1.82) is 0 Å². The Balaban J connectivity index is 2.06. The Morgan fingerprint density at radius 1 is 1.33 bits per heavy atom. The second-order valence-electron chi connectivity index (χ2n) is 4.45. The van der Waals surface area contributed by atoms with Gasteiger partial charge in [-0.3, -0.25) is 0 Å². The predicted octanol–water partition coefficient (Wildman–Crippen LogP) is 0.237. The van der Waals surface area contributed by atoms with E-state index < -0.39 is 6.10 Å². The van der Waals surface area contributed by atoms with Crippen LogP contribution < -0.4 is 16.0 Å². The van der Waals surface area contributed by atoms with Crippen LogP contribution in [0.4, 0.5) is 17.8 Å². The van der Waals surface area contributed by atoms with E-state index in [1.807, 2.05) is 6.92 Å². The highest BCUT2D eigenvalue weighted by Crippen LogP contribution is 2.17. The van der Waals surface area contributed by atoms with Crippen molar-refractivity contribution in [2.45, 2.75) is 32.3 Å². The van der Waals surface area contributed by atoms with Gasteiger partial charge in [-0.25, -0.2) is 0 Å². The van der Waals surface area contributed by atoms with E-state index in [4.69, 9.17) is 5.73 Å². The highest BCUT2D eigenvalue weighted by Gasteiger charge is 2.16. The molecule has 1 aromatic rings. The average Bonchev–Trinajstić information content (AvgIpc) is 2.89. The topological polar surface area (TPSA) is 100 Å². The van der Waals surface area contributed by atoms with Crippen molar-refractivity contribution in [1.82, 2.24) is 15.0 Å². The lowest BCUT2D eigenvalue weighted by Crippen LogP contribution is -2.24. The molecule has 1 aliphatic rings. The number of aliphatic hydroxyl groups excluding tert-OH is 1. The van der Waals surface area contributed by atoms with Crippen molar-refractivity contribution in [2.75, 3.05) is 35.6 Å². The zero-order valence-corrected chi connectivity index (χ0v) is 10.6. The zero-order chi connectivity index (χ0) is 13.0. The van der Waals surface area contributed by atoms with Gasteiger partial charge in [0.15, 0.2) is 0 Å². The first-order valence-electron chi connectivity index (χ1n) is 6.37. The number of hydrogen-bond donors (Lipinski definition) is 3. The molecule has 100 valence electrons. The van der Waals surface area contributed by atoms with Crippen LogP contribution in [0.25, 0.3) is 0 Å². The van der Waals surface area contributed by atoms with E-state index in [1.165, 1.54) is 0 Å². The van der Waals surface area contributed by atoms with Crippen LogP contribution in [0.3, 0.4) is 0 Å². The van der Waals surface area contributed by atoms with Gasteiger partial charge in [0.2, 0.25) is 17.8 Å². The highest BCUT2D eigenvalue weighted by molar-refractivity contribution is 5.42. The fourth-order valence-corrected chi connectivity index (χ4v) is 1.87. The lowest BCUT2D eigenvalue weighted by atomic mass is 10.3. The summed E-state index contributed by atoms with van der Waals surface area (Å²) in [5.41, 5.74) is 5.67. The van der Waals surface area contributed by atoms with Gasteiger partial charge >= 0.3 is 0 Å². The maximum Gasteiger partial charge on any atom is 0.231 e. The normalized spacial score (nSPS) is 16.9. The van der Waals surface area contributed by atoms with Crippen molar-refractivity contribution in [2.24, 2.45) is 0 Å². The smallest absolute Gasteiger partial charge is 0.231 e. The van der Waals surface area contributed by atoms with Crippen molar-refractivity contribution < 1.29 is 5.11 Å². The van der Waals surface area contributed by atoms with Gasteiger partial charge < -0.3 is 21.1 Å². The maximum atomic E-state index is 9.49. The van der Waals surface area contributed by atoms with Crippen molar-refractivity contribution >= 4 is 17.8 Å². The van der Waals surface area contributed by atoms with Crippen LogP contribution in [-0.4, -0.2) is 45.8 Å². The number of hydrogen-bond acceptors (Lipinski definition) is 7. The molecule has 0 aliphatic carbocycles. The molecule has 0 bridgehead atoms. The Labute approximate surface area is 106 Å². The van der Waals surface area contributed by atoms with Gasteiger partial charge in [-0.2, -0.15) is 15.0 Å². The lowest BCUT2D eigenvalue weighted by molar-refractivity contribution is 0.183. The van der Waals surface area contributed by atoms with Crippen LogP contribution in [-0.2, 0) is 0 Å². The average molecular weight is 252 g/mol. The number of nitrogen functional groups attached to an aromatic ring is 1. The monoisotopic (exact) mass is 252 g/mol. The van der Waals surface area contributed by atoms with Gasteiger partial charge in [-0.1, -0.05) is 6.92 Å². The number of nitrogens with zero attached hydrogens (tertiary/aromatic N) is 4. The molecule has 7 heteroatoms. The van der Waals surface area contributed by atoms with E-state index in [0.717, 1.165) is 25.9 Å². The molecule has 1 fully saturated rings. The Bertz CT molecular complexity index is 393. The first kappa shape index (κ1) is 12.8. The van der Waals surface area contributed by atoms with Gasteiger partial charge in [0.05, 0.1) is 6.10 Å². The minimum absolute atomic E-state index is 0.209. The Morgan fingerprint density at radius 3 is 2.72 bits per heavy atom. The third kappa shape index (κ3) is 3.19. The fourth-order valence-electron chi connectivity index (χ4n) is 1.87. The molecule has 4 N–H and O–H groups in total. The summed E-state index contributed by atoms with van der Waals surface area (Å²) in [5.74, 6) is 1.26. The van der Waals surface area contributed by atoms with Crippen molar-refractivity contribution in [3.8, 4) is 0 Å². The number of anilines is 3. The number of nitrogens with one attached hydrogen (secondary N) is 1. The van der Waals surface area contributed by atoms with E-state index in [-0.39, 0.29) is 5.95 Å². The van der Waals surface area contributed by atoms with Crippen LogP contribution in [0.2, 0.25) is 0 Å². The summed E-state index contributed by atoms with van der Waals surface area (Å²) in [4.78, 5) is 14.6. The van der Waals surface area contributed by atoms with Crippen molar-refractivity contribution in [3.63, 3.8) is 0 Å². The van der Waals surface area contributed by atoms with E-state index >= 15 is 0 Å². The summed E-state index contributed by atoms with van der Waals surface area (Å²) in [6.07, 6.45) is 2.59. The third-order valence-electron chi connectivity index (χ3n) is 3.00. The Kier molecular flexibility index (Phi) is 4.14. The van der Waals surface area contributed by atoms with Crippen molar-refractivity contribution in [3.05, 3.63) is 0 Å². The third-order valence-corrected chi connectivity index (χ3v) is 3.00. The van der Waals surface area contributed by atoms with Crippen LogP contribution in [0.5, 0.6) is 0 Å². The molecular formula is C11H20N6O. The number of nitrogens with two attached hydrogens (primary N) is 1. The molecule has 0 spiro atoms. The summed E-state index contributed by atoms with van der Waals surface area (Å²) in [5, 5.41) is 12.5. The zero-order valence-electron chi connectivity index (χ0n) is 10.6. The standard InChI is InChI=1S/C11H20N6O/c1-2-8(18)7-13-10-14-9(12)15-11(16-10)17-5-3-4-6-17/h8,18H,2-7H2,1H3,(H3,12,13,14,15,16). The quantitative estimate of drug-likeness (QED) is 0.690. The van der Waals surface area contributed by atoms with Crippen LogP contribution in [0.1, 0.15) is 26.2 Å². The molecule has 2 rings (SSSR count). The number of aromatic nitrogens is 3. The van der Waals surface area contributed by atoms with E-state index in [0.29, 0.717) is 24.9 Å². The summed E-state index contributed by atoms with van der Waals surface area (Å²) < 4.78 is 0. The molecule has 0 radical (unpaired) electrons. The van der Waals surface area contributed by atoms with Crippen LogP contribution in [0.15, 0.2) is 0 Å². The Hall–Kier alpha value is -1.63. The molecule has 0 amide bonds. The van der Waals surface area contributed by atoms with Crippen LogP contribution >= 0.6 is 0 Å². The molecule has 2 heterocycles. The number of rotatable bonds is 5. The summed E-state index contributed by atoms with van der Waals surface area (Å²) in [6, 6.07) is 0. The van der Waals surface area contributed by atoms with E-state index in [1.54, 1.807) is 0 Å². The molecule has 0 saturated carbocycles. The SMILES string of the molecule is CCC(O)CNc1nc(N)nc(N2CCCC2)n1. The number of aliphatic hydroxyl groups is 1. The van der Waals surface area contributed by atoms with E-state index in [9.17, 15) is 5.11 Å². The van der Waals surface area contributed by atoms with E-state index in [2.05, 4.69) is 25.2 Å². The minimum atomic E-state index is -0.404. The molecule has 1 aliphatic heterocycles. The van der Waals surface area contributed by atoms with Gasteiger partial charge in [0.25, 0.3) is 0 Å². The molecule has 1 aromatic heterocycles. The van der Waals surface area contributed by atoms with Crippen LogP contribution in [0, 0.1) is 0 Å². The largest absolute Gasteiger partial charge is 0.391 e. The lowest BCUT2D eigenvalue weighted by Gasteiger charge is -2.16. The first-order valence-corrected chi connectivity index (χ1v) is 6.37. The summed E-state index contributed by atoms with van der Waals surface area (Å²) >= 11 is 0. The summed E-state index contributed by atoms with van der Waals surface area (Å²) in [6.45, 7) is 4.25. The minimum Gasteiger partial charge on any atom is -0.391 e. The molecule has 1 saturated heterocycles. The maximum absolute atomic E-state index is 9.49. The molecule has 7 nitrogen and oxygen atoms in total. The molecule has 0 aromatic carbocycles. The highest BCUT2D eigenvalue weighted by atomic mass is 16.3. The fraction of sp³-hybridized carbons (Fsp3) is 0.727. The second-order valence-corrected chi connectivity index (χ2v) is 4.45. The Morgan fingerprint density at radius 2 is 2.06 bits per heavy atom. The predicted molar refractivity (Wildman–Crippen MR) is 70.5 cm³/mol. The molecule has 18 heavy (non-hydrogen) atoms. The van der Waals surface area contributed by atoms with Gasteiger partial charge in [-0.05, 0) is 19.3 Å². The molecule has 1 unspecified atom stereocenters. The second kappa shape index (κ2) is 5.81. The molecule has 1 atom stereocenters. The van der Waals surface area contributed by atoms with Gasteiger partial charge in [0.1, 0.15) is 0 Å². The van der Waals surface area contributed by atoms with Gasteiger partial charge in [0, 0.05) is 19.6 Å². The van der Waals surface area contributed by atoms with Gasteiger partial charge in [-0.15, -0.1) is 0 Å². The molecular weight excluding hydrogens is 232 g/mol.